The van der Waals surface area contributed by atoms with Gasteiger partial charge >= 0.3 is 0 Å². The van der Waals surface area contributed by atoms with Crippen LogP contribution in [-0.2, 0) is 0 Å². The van der Waals surface area contributed by atoms with Crippen molar-refractivity contribution >= 4 is 66.7 Å². The zero-order valence-electron chi connectivity index (χ0n) is 30.2. The second-order valence-electron chi connectivity index (χ2n) is 14.7. The van der Waals surface area contributed by atoms with Crippen molar-refractivity contribution in [2.24, 2.45) is 0 Å². The molecule has 2 aliphatic rings. The van der Waals surface area contributed by atoms with Crippen LogP contribution in [0.4, 0.5) is 0 Å². The predicted molar refractivity (Wildman–Crippen MR) is 204 cm³/mol. The van der Waals surface area contributed by atoms with Gasteiger partial charge in [-0.15, -0.1) is 0 Å². The van der Waals surface area contributed by atoms with Crippen LogP contribution in [0.3, 0.4) is 0 Å². The molecule has 0 aromatic heterocycles. The third-order valence-corrected chi connectivity index (χ3v) is 11.5. The van der Waals surface area contributed by atoms with Crippen LogP contribution in [0.15, 0.2) is 48.5 Å². The van der Waals surface area contributed by atoms with Gasteiger partial charge in [-0.05, 0) is 82.3 Å². The monoisotopic (exact) mass is 670 g/mol. The van der Waals surface area contributed by atoms with Crippen LogP contribution in [0.25, 0.3) is 43.1 Å². The summed E-state index contributed by atoms with van der Waals surface area (Å²) in [6.45, 7) is 8.64. The van der Waals surface area contributed by atoms with Gasteiger partial charge < -0.3 is 0 Å². The molecule has 2 aliphatic heterocycles. The molecule has 0 fully saturated rings. The third kappa shape index (κ3) is 5.37. The fraction of sp³-hybridized carbons (Fsp3) is 0.455. The second kappa shape index (κ2) is 14.1. The van der Waals surface area contributed by atoms with E-state index in [1.807, 2.05) is 48.5 Å². The summed E-state index contributed by atoms with van der Waals surface area (Å²) < 4.78 is 0. The highest BCUT2D eigenvalue weighted by Gasteiger charge is 2.40. The highest BCUT2D eigenvalue weighted by Crippen LogP contribution is 2.47. The van der Waals surface area contributed by atoms with Crippen molar-refractivity contribution in [3.8, 4) is 0 Å². The first kappa shape index (κ1) is 34.1. The molecule has 0 radical (unpaired) electrons. The second-order valence-corrected chi connectivity index (χ2v) is 14.7. The van der Waals surface area contributed by atoms with Gasteiger partial charge in [-0.3, -0.25) is 29.0 Å². The Morgan fingerprint density at radius 3 is 0.940 bits per heavy atom. The van der Waals surface area contributed by atoms with Gasteiger partial charge in [-0.2, -0.15) is 0 Å². The SMILES string of the molecule is CCCCCC(CCCC)N1C(=O)c2ccc3c4ccc5c6c(ccc(c7ccc(c2c37)C1=O)c64)C(=O)N(C(CCCC)CCCCC)C5=O. The van der Waals surface area contributed by atoms with Crippen molar-refractivity contribution in [2.75, 3.05) is 0 Å². The average molecular weight is 671 g/mol. The van der Waals surface area contributed by atoms with Crippen LogP contribution < -0.4 is 0 Å². The van der Waals surface area contributed by atoms with Crippen molar-refractivity contribution in [2.45, 2.75) is 130 Å². The summed E-state index contributed by atoms with van der Waals surface area (Å²) in [5.74, 6) is -0.805. The number of unbranched alkanes of at least 4 members (excludes halogenated alkanes) is 6. The van der Waals surface area contributed by atoms with Gasteiger partial charge in [0, 0.05) is 45.1 Å². The number of rotatable bonds is 16. The van der Waals surface area contributed by atoms with E-state index in [1.165, 1.54) is 0 Å². The molecule has 6 nitrogen and oxygen atoms in total. The molecule has 6 heteroatoms. The molecule has 0 bridgehead atoms. The van der Waals surface area contributed by atoms with E-state index in [1.54, 1.807) is 9.80 Å². The number of imide groups is 2. The van der Waals surface area contributed by atoms with Gasteiger partial charge in [-0.25, -0.2) is 0 Å². The van der Waals surface area contributed by atoms with E-state index >= 15 is 0 Å². The lowest BCUT2D eigenvalue weighted by Crippen LogP contribution is -2.47. The molecule has 0 spiro atoms. The molecule has 0 aliphatic carbocycles. The first-order valence-corrected chi connectivity index (χ1v) is 19.3. The van der Waals surface area contributed by atoms with E-state index < -0.39 is 0 Å². The molecule has 2 atom stereocenters. The maximum atomic E-state index is 14.3. The smallest absolute Gasteiger partial charge is 0.261 e. The Hall–Kier alpha value is -4.32. The van der Waals surface area contributed by atoms with Crippen LogP contribution in [0, 0.1) is 0 Å². The molecule has 0 saturated carbocycles. The van der Waals surface area contributed by atoms with Gasteiger partial charge in [-0.1, -0.05) is 116 Å². The Labute approximate surface area is 295 Å². The molecule has 5 aromatic rings. The van der Waals surface area contributed by atoms with Gasteiger partial charge in [0.15, 0.2) is 0 Å². The largest absolute Gasteiger partial charge is 0.271 e. The molecule has 260 valence electrons. The van der Waals surface area contributed by atoms with E-state index in [2.05, 4.69) is 27.7 Å². The molecule has 2 unspecified atom stereocenters. The normalized spacial score (nSPS) is 15.8. The summed E-state index contributed by atoms with van der Waals surface area (Å²) in [5, 5.41) is 6.96. The molecule has 0 N–H and O–H groups in total. The Morgan fingerprint density at radius 2 is 0.660 bits per heavy atom. The number of fused-ring (bicyclic) bond motifs is 2. The van der Waals surface area contributed by atoms with Crippen LogP contribution in [0.5, 0.6) is 0 Å². The highest BCUT2D eigenvalue weighted by molar-refractivity contribution is 6.41. The fourth-order valence-electron chi connectivity index (χ4n) is 8.91. The summed E-state index contributed by atoms with van der Waals surface area (Å²) in [7, 11) is 0. The summed E-state index contributed by atoms with van der Waals surface area (Å²) in [6, 6.07) is 15.4. The lowest BCUT2D eigenvalue weighted by atomic mass is 9.81. The summed E-state index contributed by atoms with van der Waals surface area (Å²) in [6.07, 6.45) is 13.6. The number of nitrogens with zero attached hydrogens (tertiary/aromatic N) is 2. The van der Waals surface area contributed by atoms with Crippen molar-refractivity contribution in [1.29, 1.82) is 0 Å². The van der Waals surface area contributed by atoms with Crippen molar-refractivity contribution in [1.82, 2.24) is 9.80 Å². The molecule has 0 saturated heterocycles. The fourth-order valence-corrected chi connectivity index (χ4v) is 8.91. The Balaban J connectivity index is 1.37. The summed E-state index contributed by atoms with van der Waals surface area (Å²) >= 11 is 0. The summed E-state index contributed by atoms with van der Waals surface area (Å²) in [5.41, 5.74) is 2.31. The van der Waals surface area contributed by atoms with Crippen LogP contribution in [0.1, 0.15) is 159 Å². The molecule has 2 heterocycles. The van der Waals surface area contributed by atoms with E-state index in [0.717, 1.165) is 133 Å². The Morgan fingerprint density at radius 1 is 0.380 bits per heavy atom. The molecule has 5 aromatic carbocycles. The molecule has 50 heavy (non-hydrogen) atoms. The lowest BCUT2D eigenvalue weighted by Gasteiger charge is -2.35. The van der Waals surface area contributed by atoms with Gasteiger partial charge in [0.2, 0.25) is 0 Å². The van der Waals surface area contributed by atoms with Gasteiger partial charge in [0.05, 0.1) is 0 Å². The first-order chi connectivity index (χ1) is 24.4. The topological polar surface area (TPSA) is 74.8 Å². The quantitative estimate of drug-likeness (QED) is 0.0453. The minimum Gasteiger partial charge on any atom is -0.271 e. The van der Waals surface area contributed by atoms with Crippen LogP contribution in [0.2, 0.25) is 0 Å². The van der Waals surface area contributed by atoms with E-state index in [-0.39, 0.29) is 35.7 Å². The first-order valence-electron chi connectivity index (χ1n) is 19.3. The highest BCUT2D eigenvalue weighted by atomic mass is 16.2. The maximum Gasteiger partial charge on any atom is 0.261 e. The van der Waals surface area contributed by atoms with Crippen LogP contribution in [-0.4, -0.2) is 45.5 Å². The van der Waals surface area contributed by atoms with Gasteiger partial charge in [0.1, 0.15) is 0 Å². The van der Waals surface area contributed by atoms with Crippen molar-refractivity contribution in [3.63, 3.8) is 0 Å². The predicted octanol–water partition coefficient (Wildman–Crippen LogP) is 11.2. The number of hydrogen-bond acceptors (Lipinski definition) is 4. The zero-order chi connectivity index (χ0) is 35.1. The summed E-state index contributed by atoms with van der Waals surface area (Å²) in [4.78, 5) is 60.3. The van der Waals surface area contributed by atoms with E-state index in [9.17, 15) is 19.2 Å². The minimum atomic E-state index is -0.201. The molecule has 4 amide bonds. The van der Waals surface area contributed by atoms with Gasteiger partial charge in [0.25, 0.3) is 23.6 Å². The molecular formula is C44H50N2O4. The zero-order valence-corrected chi connectivity index (χ0v) is 30.2. The number of carbonyl (C=O) groups excluding carboxylic acids is 4. The minimum absolute atomic E-state index is 0.114. The third-order valence-electron chi connectivity index (χ3n) is 11.5. The average Bonchev–Trinajstić information content (AvgIpc) is 3.13. The molecular weight excluding hydrogens is 620 g/mol. The maximum absolute atomic E-state index is 14.3. The Kier molecular flexibility index (Phi) is 9.65. The van der Waals surface area contributed by atoms with E-state index in [0.29, 0.717) is 22.3 Å². The lowest BCUT2D eigenvalue weighted by molar-refractivity contribution is 0.0502. The number of amides is 4. The van der Waals surface area contributed by atoms with Crippen molar-refractivity contribution < 1.29 is 19.2 Å². The number of carbonyl (C=O) groups is 4. The standard InChI is InChI=1S/C44H50N2O4/c1-5-9-13-17-27(15-11-7-3)45-41(47)33-23-19-29-31-21-25-35-40-36(44(50)46(43(35)49)28(16-12-8-4)18-14-10-6-2)26-22-32(38(31)40)30-20-24-34(42(45)48)39(33)37(29)30/h19-28H,5-18H2,1-4H3. The molecule has 7 rings (SSSR count). The van der Waals surface area contributed by atoms with E-state index in [4.69, 9.17) is 0 Å². The van der Waals surface area contributed by atoms with Crippen LogP contribution >= 0.6 is 0 Å². The van der Waals surface area contributed by atoms with Crippen molar-refractivity contribution in [3.05, 3.63) is 70.8 Å². The number of hydrogen-bond donors (Lipinski definition) is 0. The Bertz CT molecular complexity index is 1860. The number of benzene rings is 5.